The Balaban J connectivity index is 1.97. The number of fused-ring (bicyclic) bond motifs is 1. The molecule has 0 unspecified atom stereocenters. The van der Waals surface area contributed by atoms with Gasteiger partial charge in [0.05, 0.1) is 25.5 Å². The molecule has 1 aliphatic rings. The molecule has 3 rings (SSSR count). The van der Waals surface area contributed by atoms with Crippen LogP contribution in [0.1, 0.15) is 39.9 Å². The molecule has 0 spiro atoms. The number of rotatable bonds is 5. The van der Waals surface area contributed by atoms with Crippen LogP contribution >= 0.6 is 0 Å². The summed E-state index contributed by atoms with van der Waals surface area (Å²) in [5, 5.41) is 2.82. The Hall–Kier alpha value is -3.15. The Labute approximate surface area is 158 Å². The number of methoxy groups -OCH3 is 1. The fourth-order valence-electron chi connectivity index (χ4n) is 3.52. The van der Waals surface area contributed by atoms with Gasteiger partial charge in [0, 0.05) is 19.2 Å². The lowest BCUT2D eigenvalue weighted by molar-refractivity contribution is -0.140. The smallest absolute Gasteiger partial charge is 0.307 e. The van der Waals surface area contributed by atoms with E-state index in [-0.39, 0.29) is 30.7 Å². The Morgan fingerprint density at radius 1 is 1.07 bits per heavy atom. The van der Waals surface area contributed by atoms with Crippen molar-refractivity contribution in [2.75, 3.05) is 20.7 Å². The van der Waals surface area contributed by atoms with Crippen LogP contribution in [-0.4, -0.2) is 43.4 Å². The van der Waals surface area contributed by atoms with E-state index in [9.17, 15) is 14.4 Å². The summed E-state index contributed by atoms with van der Waals surface area (Å²) in [6.07, 6.45) is 0.0986. The molecule has 0 fully saturated rings. The number of esters is 1. The zero-order valence-corrected chi connectivity index (χ0v) is 15.3. The van der Waals surface area contributed by atoms with Gasteiger partial charge in [0.2, 0.25) is 5.91 Å². The van der Waals surface area contributed by atoms with Gasteiger partial charge in [-0.05, 0) is 17.2 Å². The van der Waals surface area contributed by atoms with Gasteiger partial charge in [-0.1, -0.05) is 48.5 Å². The largest absolute Gasteiger partial charge is 0.469 e. The van der Waals surface area contributed by atoms with Crippen molar-refractivity contribution >= 4 is 17.8 Å². The monoisotopic (exact) mass is 366 g/mol. The number of nitrogens with zero attached hydrogens (tertiary/aromatic N) is 1. The Bertz CT molecular complexity index is 850. The molecule has 0 saturated carbocycles. The van der Waals surface area contributed by atoms with Crippen LogP contribution in [0.4, 0.5) is 0 Å². The summed E-state index contributed by atoms with van der Waals surface area (Å²) in [4.78, 5) is 38.8. The van der Waals surface area contributed by atoms with Crippen molar-refractivity contribution in [1.82, 2.24) is 10.2 Å². The van der Waals surface area contributed by atoms with Gasteiger partial charge in [-0.15, -0.1) is 0 Å². The minimum Gasteiger partial charge on any atom is -0.469 e. The van der Waals surface area contributed by atoms with Gasteiger partial charge in [0.25, 0.3) is 5.91 Å². The summed E-state index contributed by atoms with van der Waals surface area (Å²) in [6, 6.07) is 16.3. The number of nitrogens with one attached hydrogen (secondary N) is 1. The van der Waals surface area contributed by atoms with Crippen LogP contribution in [0.25, 0.3) is 0 Å². The summed E-state index contributed by atoms with van der Waals surface area (Å²) in [5.41, 5.74) is 2.11. The van der Waals surface area contributed by atoms with Crippen LogP contribution in [0.2, 0.25) is 0 Å². The predicted octanol–water partition coefficient (Wildman–Crippen LogP) is 2.28. The van der Waals surface area contributed by atoms with Crippen molar-refractivity contribution in [3.05, 3.63) is 71.3 Å². The zero-order chi connectivity index (χ0) is 19.4. The minimum absolute atomic E-state index is 0.0986. The molecule has 0 bridgehead atoms. The quantitative estimate of drug-likeness (QED) is 0.824. The number of ether oxygens (including phenoxy) is 1. The normalized spacial score (nSPS) is 18.6. The lowest BCUT2D eigenvalue weighted by Gasteiger charge is -2.39. The number of amides is 2. The highest BCUT2D eigenvalue weighted by Gasteiger charge is 2.42. The van der Waals surface area contributed by atoms with Crippen molar-refractivity contribution in [3.63, 3.8) is 0 Å². The van der Waals surface area contributed by atoms with Crippen molar-refractivity contribution < 1.29 is 19.1 Å². The van der Waals surface area contributed by atoms with Crippen LogP contribution in [0.5, 0.6) is 0 Å². The molecular weight excluding hydrogens is 344 g/mol. The molecule has 6 nitrogen and oxygen atoms in total. The molecule has 0 saturated heterocycles. The second-order valence-electron chi connectivity index (χ2n) is 6.45. The SMILES string of the molecule is COC(=O)CCNC(=O)[C@@H]1c2ccccc2C(=O)N(C)[C@H]1c1ccccc1. The lowest BCUT2D eigenvalue weighted by atomic mass is 9.79. The Morgan fingerprint density at radius 2 is 1.74 bits per heavy atom. The number of hydrogen-bond donors (Lipinski definition) is 1. The molecule has 2 aromatic rings. The van der Waals surface area contributed by atoms with Crippen LogP contribution < -0.4 is 5.32 Å². The lowest BCUT2D eigenvalue weighted by Crippen LogP contribution is -2.45. The minimum atomic E-state index is -0.566. The molecule has 1 heterocycles. The van der Waals surface area contributed by atoms with Gasteiger partial charge < -0.3 is 15.0 Å². The molecule has 0 aromatic heterocycles. The van der Waals surface area contributed by atoms with E-state index in [4.69, 9.17) is 0 Å². The van der Waals surface area contributed by atoms with E-state index in [0.29, 0.717) is 11.1 Å². The number of benzene rings is 2. The second kappa shape index (κ2) is 8.03. The van der Waals surface area contributed by atoms with Crippen molar-refractivity contribution in [2.24, 2.45) is 0 Å². The van der Waals surface area contributed by atoms with E-state index < -0.39 is 12.0 Å². The van der Waals surface area contributed by atoms with Crippen LogP contribution in [0.3, 0.4) is 0 Å². The fourth-order valence-corrected chi connectivity index (χ4v) is 3.52. The van der Waals surface area contributed by atoms with E-state index in [1.54, 1.807) is 24.1 Å². The third-order valence-electron chi connectivity index (χ3n) is 4.86. The van der Waals surface area contributed by atoms with Crippen molar-refractivity contribution in [3.8, 4) is 0 Å². The highest BCUT2D eigenvalue weighted by molar-refractivity contribution is 6.01. The van der Waals surface area contributed by atoms with Crippen molar-refractivity contribution in [1.29, 1.82) is 0 Å². The van der Waals surface area contributed by atoms with Gasteiger partial charge in [-0.25, -0.2) is 0 Å². The van der Waals surface area contributed by atoms with E-state index in [0.717, 1.165) is 5.56 Å². The fraction of sp³-hybridized carbons (Fsp3) is 0.286. The average Bonchev–Trinajstić information content (AvgIpc) is 2.70. The molecule has 6 heteroatoms. The maximum absolute atomic E-state index is 13.1. The number of hydrogen-bond acceptors (Lipinski definition) is 4. The highest BCUT2D eigenvalue weighted by atomic mass is 16.5. The predicted molar refractivity (Wildman–Crippen MR) is 100 cm³/mol. The average molecular weight is 366 g/mol. The molecule has 0 aliphatic carbocycles. The molecule has 0 radical (unpaired) electrons. The van der Waals surface area contributed by atoms with Gasteiger partial charge in [0.15, 0.2) is 0 Å². The standard InChI is InChI=1S/C21H22N2O4/c1-23-19(14-8-4-3-5-9-14)18(20(25)22-13-12-17(24)27-2)15-10-6-7-11-16(15)21(23)26/h3-11,18-19H,12-13H2,1-2H3,(H,22,25)/t18-,19+/m1/s1. The van der Waals surface area contributed by atoms with E-state index in [1.165, 1.54) is 7.11 Å². The molecular formula is C21H22N2O4. The first kappa shape index (κ1) is 18.6. The Morgan fingerprint density at radius 3 is 2.44 bits per heavy atom. The van der Waals surface area contributed by atoms with Crippen LogP contribution in [0, 0.1) is 0 Å². The maximum atomic E-state index is 13.1. The summed E-state index contributed by atoms with van der Waals surface area (Å²) in [5.74, 6) is -1.28. The van der Waals surface area contributed by atoms with Gasteiger partial charge in [-0.3, -0.25) is 14.4 Å². The van der Waals surface area contributed by atoms with Gasteiger partial charge in [-0.2, -0.15) is 0 Å². The third kappa shape index (κ3) is 3.69. The molecule has 1 N–H and O–H groups in total. The summed E-state index contributed by atoms with van der Waals surface area (Å²) in [6.45, 7) is 0.184. The molecule has 140 valence electrons. The highest BCUT2D eigenvalue weighted by Crippen LogP contribution is 2.41. The summed E-state index contributed by atoms with van der Waals surface area (Å²) >= 11 is 0. The first-order chi connectivity index (χ1) is 13.0. The van der Waals surface area contributed by atoms with Crippen LogP contribution in [0.15, 0.2) is 54.6 Å². The van der Waals surface area contributed by atoms with Crippen LogP contribution in [-0.2, 0) is 14.3 Å². The molecule has 2 aromatic carbocycles. The molecule has 2 atom stereocenters. The topological polar surface area (TPSA) is 75.7 Å². The van der Waals surface area contributed by atoms with Crippen molar-refractivity contribution in [2.45, 2.75) is 18.4 Å². The molecule has 2 amide bonds. The summed E-state index contributed by atoms with van der Waals surface area (Å²) < 4.78 is 4.61. The van der Waals surface area contributed by atoms with Gasteiger partial charge >= 0.3 is 5.97 Å². The number of carbonyl (C=O) groups is 3. The second-order valence-corrected chi connectivity index (χ2v) is 6.45. The maximum Gasteiger partial charge on any atom is 0.307 e. The van der Waals surface area contributed by atoms with E-state index >= 15 is 0 Å². The molecule has 27 heavy (non-hydrogen) atoms. The first-order valence-electron chi connectivity index (χ1n) is 8.80. The van der Waals surface area contributed by atoms with Gasteiger partial charge in [0.1, 0.15) is 0 Å². The third-order valence-corrected chi connectivity index (χ3v) is 4.86. The van der Waals surface area contributed by atoms with E-state index in [2.05, 4.69) is 10.1 Å². The number of likely N-dealkylation sites (N-methyl/N-ethyl adjacent to an activating group) is 1. The molecule has 1 aliphatic heterocycles. The number of carbonyl (C=O) groups excluding carboxylic acids is 3. The summed E-state index contributed by atoms with van der Waals surface area (Å²) in [7, 11) is 3.03. The van der Waals surface area contributed by atoms with E-state index in [1.807, 2.05) is 42.5 Å². The zero-order valence-electron chi connectivity index (χ0n) is 15.3. The first-order valence-corrected chi connectivity index (χ1v) is 8.80. The Kier molecular flexibility index (Phi) is 5.54.